The first-order valence-electron chi connectivity index (χ1n) is 8.37. The van der Waals surface area contributed by atoms with E-state index in [1.54, 1.807) is 20.8 Å². The molecule has 1 heterocycles. The molecule has 1 aromatic rings. The fourth-order valence-corrected chi connectivity index (χ4v) is 2.55. The number of piperazine rings is 1. The number of benzene rings is 1. The molecule has 1 saturated heterocycles. The lowest BCUT2D eigenvalue weighted by atomic mass is 10.1. The molecule has 0 atom stereocenters. The van der Waals surface area contributed by atoms with E-state index in [0.29, 0.717) is 0 Å². The molecule has 0 spiro atoms. The van der Waals surface area contributed by atoms with Crippen LogP contribution < -0.4 is 4.74 Å². The van der Waals surface area contributed by atoms with Crippen molar-refractivity contribution in [3.63, 3.8) is 0 Å². The van der Waals surface area contributed by atoms with Crippen LogP contribution in [0.3, 0.4) is 0 Å². The SMILES string of the molecule is CC(C)(C)OC(=O)N1CCN(C(=O)c2cc(C#N)ccc2OC(F)F)CC1. The second kappa shape index (κ2) is 8.20. The van der Waals surface area contributed by atoms with E-state index >= 15 is 0 Å². The topological polar surface area (TPSA) is 82.9 Å². The molecule has 1 aliphatic rings. The fraction of sp³-hybridized carbons (Fsp3) is 0.500. The van der Waals surface area contributed by atoms with Gasteiger partial charge in [-0.15, -0.1) is 0 Å². The van der Waals surface area contributed by atoms with Crippen LogP contribution in [0.5, 0.6) is 5.75 Å². The second-order valence-electron chi connectivity index (χ2n) is 6.96. The van der Waals surface area contributed by atoms with E-state index in [-0.39, 0.29) is 43.1 Å². The van der Waals surface area contributed by atoms with E-state index in [2.05, 4.69) is 4.74 Å². The fourth-order valence-electron chi connectivity index (χ4n) is 2.55. The van der Waals surface area contributed by atoms with Gasteiger partial charge in [-0.1, -0.05) is 0 Å². The zero-order valence-electron chi connectivity index (χ0n) is 15.4. The Morgan fingerprint density at radius 2 is 1.74 bits per heavy atom. The van der Waals surface area contributed by atoms with Gasteiger partial charge >= 0.3 is 12.7 Å². The quantitative estimate of drug-likeness (QED) is 0.804. The smallest absolute Gasteiger partial charge is 0.410 e. The Hall–Kier alpha value is -2.89. The molecule has 1 aliphatic heterocycles. The highest BCUT2D eigenvalue weighted by Gasteiger charge is 2.29. The molecule has 2 rings (SSSR count). The Kier molecular flexibility index (Phi) is 6.20. The van der Waals surface area contributed by atoms with Crippen LogP contribution in [0, 0.1) is 11.3 Å². The summed E-state index contributed by atoms with van der Waals surface area (Å²) < 4.78 is 34.9. The average Bonchev–Trinajstić information content (AvgIpc) is 2.59. The van der Waals surface area contributed by atoms with Gasteiger partial charge in [-0.25, -0.2) is 4.79 Å². The zero-order chi connectivity index (χ0) is 20.2. The summed E-state index contributed by atoms with van der Waals surface area (Å²) in [5, 5.41) is 8.99. The van der Waals surface area contributed by atoms with Gasteiger partial charge in [-0.05, 0) is 39.0 Å². The Morgan fingerprint density at radius 1 is 1.15 bits per heavy atom. The minimum Gasteiger partial charge on any atom is -0.444 e. The predicted octanol–water partition coefficient (Wildman–Crippen LogP) is 2.85. The maximum absolute atomic E-state index is 12.7. The van der Waals surface area contributed by atoms with Crippen molar-refractivity contribution in [2.24, 2.45) is 0 Å². The number of carbonyl (C=O) groups is 2. The number of nitrogens with zero attached hydrogens (tertiary/aromatic N) is 3. The number of halogens is 2. The lowest BCUT2D eigenvalue weighted by Crippen LogP contribution is -2.51. The standard InChI is InChI=1S/C18H21F2N3O4/c1-18(2,3)27-17(25)23-8-6-22(7-9-23)15(24)13-10-12(11-21)4-5-14(13)26-16(19)20/h4-5,10,16H,6-9H2,1-3H3. The molecule has 2 amide bonds. The highest BCUT2D eigenvalue weighted by molar-refractivity contribution is 5.97. The van der Waals surface area contributed by atoms with Gasteiger partial charge < -0.3 is 19.3 Å². The van der Waals surface area contributed by atoms with Crippen LogP contribution in [0.2, 0.25) is 0 Å². The van der Waals surface area contributed by atoms with E-state index in [1.807, 2.05) is 6.07 Å². The molecule has 0 aliphatic carbocycles. The first-order chi connectivity index (χ1) is 12.6. The van der Waals surface area contributed by atoms with Crippen LogP contribution in [0.1, 0.15) is 36.7 Å². The molecule has 0 aromatic heterocycles. The van der Waals surface area contributed by atoms with Crippen molar-refractivity contribution in [1.82, 2.24) is 9.80 Å². The molecule has 0 radical (unpaired) electrons. The third-order valence-corrected chi connectivity index (χ3v) is 3.77. The average molecular weight is 381 g/mol. The molecule has 0 unspecified atom stereocenters. The summed E-state index contributed by atoms with van der Waals surface area (Å²) in [4.78, 5) is 27.7. The summed E-state index contributed by atoms with van der Waals surface area (Å²) in [6.45, 7) is 3.12. The number of hydrogen-bond donors (Lipinski definition) is 0. The Labute approximate surface area is 156 Å². The van der Waals surface area contributed by atoms with Crippen molar-refractivity contribution in [2.75, 3.05) is 26.2 Å². The van der Waals surface area contributed by atoms with Gasteiger partial charge in [0.15, 0.2) is 0 Å². The molecule has 0 bridgehead atoms. The molecule has 1 aromatic carbocycles. The Balaban J connectivity index is 2.09. The van der Waals surface area contributed by atoms with E-state index in [4.69, 9.17) is 10.00 Å². The van der Waals surface area contributed by atoms with Crippen molar-refractivity contribution in [3.05, 3.63) is 29.3 Å². The molecule has 9 heteroatoms. The molecule has 1 fully saturated rings. The number of alkyl halides is 2. The summed E-state index contributed by atoms with van der Waals surface area (Å²) in [6.07, 6.45) is -0.470. The van der Waals surface area contributed by atoms with Crippen LogP contribution in [0.15, 0.2) is 18.2 Å². The van der Waals surface area contributed by atoms with Crippen molar-refractivity contribution in [2.45, 2.75) is 33.0 Å². The van der Waals surface area contributed by atoms with E-state index in [9.17, 15) is 18.4 Å². The molecule has 0 N–H and O–H groups in total. The summed E-state index contributed by atoms with van der Waals surface area (Å²) in [6, 6.07) is 5.56. The maximum atomic E-state index is 12.7. The van der Waals surface area contributed by atoms with Gasteiger partial charge in [-0.2, -0.15) is 14.0 Å². The van der Waals surface area contributed by atoms with Gasteiger partial charge in [0.05, 0.1) is 17.2 Å². The monoisotopic (exact) mass is 381 g/mol. The molecule has 27 heavy (non-hydrogen) atoms. The summed E-state index contributed by atoms with van der Waals surface area (Å²) in [5.74, 6) is -0.824. The lowest BCUT2D eigenvalue weighted by molar-refractivity contribution is -0.0503. The third kappa shape index (κ3) is 5.54. The van der Waals surface area contributed by atoms with Crippen molar-refractivity contribution >= 4 is 12.0 Å². The highest BCUT2D eigenvalue weighted by Crippen LogP contribution is 2.24. The predicted molar refractivity (Wildman–Crippen MR) is 91.5 cm³/mol. The first kappa shape index (κ1) is 20.4. The Morgan fingerprint density at radius 3 is 2.26 bits per heavy atom. The summed E-state index contributed by atoms with van der Waals surface area (Å²) in [5.41, 5.74) is -0.573. The first-order valence-corrected chi connectivity index (χ1v) is 8.37. The van der Waals surface area contributed by atoms with E-state index in [0.717, 1.165) is 0 Å². The number of nitriles is 1. The van der Waals surface area contributed by atoms with Crippen molar-refractivity contribution < 1.29 is 27.8 Å². The van der Waals surface area contributed by atoms with Crippen LogP contribution in [-0.2, 0) is 4.74 Å². The molecular formula is C18H21F2N3O4. The van der Waals surface area contributed by atoms with Gasteiger partial charge in [-0.3, -0.25) is 4.79 Å². The summed E-state index contributed by atoms with van der Waals surface area (Å²) in [7, 11) is 0. The minimum atomic E-state index is -3.09. The van der Waals surface area contributed by atoms with Crippen LogP contribution >= 0.6 is 0 Å². The van der Waals surface area contributed by atoms with Crippen LogP contribution in [0.4, 0.5) is 13.6 Å². The van der Waals surface area contributed by atoms with Gasteiger partial charge in [0, 0.05) is 26.2 Å². The van der Waals surface area contributed by atoms with Gasteiger partial charge in [0.1, 0.15) is 11.4 Å². The number of ether oxygens (including phenoxy) is 2. The van der Waals surface area contributed by atoms with Crippen LogP contribution in [0.25, 0.3) is 0 Å². The third-order valence-electron chi connectivity index (χ3n) is 3.77. The molecule has 146 valence electrons. The number of carbonyl (C=O) groups excluding carboxylic acids is 2. The summed E-state index contributed by atoms with van der Waals surface area (Å²) >= 11 is 0. The molecule has 0 saturated carbocycles. The van der Waals surface area contributed by atoms with Crippen molar-refractivity contribution in [1.29, 1.82) is 5.26 Å². The lowest BCUT2D eigenvalue weighted by Gasteiger charge is -2.35. The molecule has 7 nitrogen and oxygen atoms in total. The largest absolute Gasteiger partial charge is 0.444 e. The zero-order valence-corrected chi connectivity index (χ0v) is 15.4. The van der Waals surface area contributed by atoms with Crippen LogP contribution in [-0.4, -0.2) is 60.2 Å². The minimum absolute atomic E-state index is 0.111. The number of amides is 2. The number of rotatable bonds is 3. The normalized spacial score (nSPS) is 14.7. The van der Waals surface area contributed by atoms with Crippen molar-refractivity contribution in [3.8, 4) is 11.8 Å². The Bertz CT molecular complexity index is 748. The van der Waals surface area contributed by atoms with E-state index < -0.39 is 24.2 Å². The van der Waals surface area contributed by atoms with Gasteiger partial charge in [0.25, 0.3) is 5.91 Å². The maximum Gasteiger partial charge on any atom is 0.410 e. The second-order valence-corrected chi connectivity index (χ2v) is 6.96. The number of hydrogen-bond acceptors (Lipinski definition) is 5. The molecular weight excluding hydrogens is 360 g/mol. The highest BCUT2D eigenvalue weighted by atomic mass is 19.3. The van der Waals surface area contributed by atoms with E-state index in [1.165, 1.54) is 28.0 Å². The van der Waals surface area contributed by atoms with Gasteiger partial charge in [0.2, 0.25) is 0 Å².